The Balaban J connectivity index is 2.41. The molecule has 1 saturated heterocycles. The third kappa shape index (κ3) is 2.39. The largest absolute Gasteiger partial charge is 0.496 e. The van der Waals surface area contributed by atoms with E-state index in [0.29, 0.717) is 11.0 Å². The summed E-state index contributed by atoms with van der Waals surface area (Å²) in [5.41, 5.74) is 1.03. The molecule has 0 atom stereocenters. The van der Waals surface area contributed by atoms with E-state index in [1.165, 1.54) is 0 Å². The van der Waals surface area contributed by atoms with Crippen molar-refractivity contribution in [2.24, 2.45) is 0 Å². The molecule has 0 aliphatic carbocycles. The summed E-state index contributed by atoms with van der Waals surface area (Å²) in [5.74, 6) is 0. The average molecular weight is 259 g/mol. The van der Waals surface area contributed by atoms with Gasteiger partial charge in [0.2, 0.25) is 0 Å². The molecule has 1 fully saturated rings. The van der Waals surface area contributed by atoms with Gasteiger partial charge in [-0.2, -0.15) is 5.26 Å². The van der Waals surface area contributed by atoms with E-state index < -0.39 is 18.3 Å². The molecule has 5 heteroatoms. The van der Waals surface area contributed by atoms with Crippen LogP contribution in [0.5, 0.6) is 0 Å². The van der Waals surface area contributed by atoms with Gasteiger partial charge in [-0.1, -0.05) is 12.1 Å². The summed E-state index contributed by atoms with van der Waals surface area (Å²) in [6.45, 7) is 7.80. The third-order valence-electron chi connectivity index (χ3n) is 3.93. The molecule has 4 nitrogen and oxygen atoms in total. The molecule has 2 rings (SSSR count). The zero-order valence-electron chi connectivity index (χ0n) is 11.7. The van der Waals surface area contributed by atoms with E-state index in [-0.39, 0.29) is 6.61 Å². The van der Waals surface area contributed by atoms with Crippen molar-refractivity contribution in [3.63, 3.8) is 0 Å². The number of nitriles is 1. The topological polar surface area (TPSA) is 62.5 Å². The van der Waals surface area contributed by atoms with Gasteiger partial charge in [0.1, 0.15) is 0 Å². The summed E-state index contributed by atoms with van der Waals surface area (Å²) in [6.07, 6.45) is 0. The van der Waals surface area contributed by atoms with Gasteiger partial charge in [0, 0.05) is 5.46 Å². The minimum Gasteiger partial charge on any atom is -0.399 e. The van der Waals surface area contributed by atoms with Crippen LogP contribution < -0.4 is 5.46 Å². The van der Waals surface area contributed by atoms with Gasteiger partial charge >= 0.3 is 7.12 Å². The summed E-state index contributed by atoms with van der Waals surface area (Å²) in [6, 6.07) is 7.32. The van der Waals surface area contributed by atoms with E-state index in [2.05, 4.69) is 6.07 Å². The highest BCUT2D eigenvalue weighted by Crippen LogP contribution is 2.36. The number of hydrogen-bond donors (Lipinski definition) is 1. The highest BCUT2D eigenvalue weighted by molar-refractivity contribution is 6.62. The van der Waals surface area contributed by atoms with Crippen LogP contribution in [0.15, 0.2) is 18.2 Å². The first-order valence-electron chi connectivity index (χ1n) is 6.30. The van der Waals surface area contributed by atoms with Crippen molar-refractivity contribution >= 4 is 12.6 Å². The van der Waals surface area contributed by atoms with Crippen LogP contribution in [0.1, 0.15) is 38.8 Å². The molecule has 1 aromatic rings. The van der Waals surface area contributed by atoms with Crippen molar-refractivity contribution in [3.05, 3.63) is 29.3 Å². The SMILES string of the molecule is CC1(C)OB(c2cc(CO)ccc2C#N)OC1(C)C. The Morgan fingerprint density at radius 3 is 2.26 bits per heavy atom. The minimum atomic E-state index is -0.578. The first-order valence-corrected chi connectivity index (χ1v) is 6.30. The van der Waals surface area contributed by atoms with Crippen molar-refractivity contribution in [1.82, 2.24) is 0 Å². The summed E-state index contributed by atoms with van der Waals surface area (Å²) >= 11 is 0. The molecule has 0 bridgehead atoms. The fourth-order valence-electron chi connectivity index (χ4n) is 1.98. The molecule has 19 heavy (non-hydrogen) atoms. The number of benzene rings is 1. The number of aliphatic hydroxyl groups excluding tert-OH is 1. The Morgan fingerprint density at radius 1 is 1.21 bits per heavy atom. The van der Waals surface area contributed by atoms with E-state index >= 15 is 0 Å². The molecule has 100 valence electrons. The Kier molecular flexibility index (Phi) is 3.44. The highest BCUT2D eigenvalue weighted by Gasteiger charge is 2.52. The fraction of sp³-hybridized carbons (Fsp3) is 0.500. The third-order valence-corrected chi connectivity index (χ3v) is 3.93. The zero-order chi connectivity index (χ0) is 14.3. The summed E-state index contributed by atoms with van der Waals surface area (Å²) in [4.78, 5) is 0. The van der Waals surface area contributed by atoms with Crippen molar-refractivity contribution in [3.8, 4) is 6.07 Å². The molecule has 0 amide bonds. The van der Waals surface area contributed by atoms with Gasteiger partial charge in [-0.25, -0.2) is 0 Å². The van der Waals surface area contributed by atoms with E-state index in [4.69, 9.17) is 9.31 Å². The van der Waals surface area contributed by atoms with Crippen molar-refractivity contribution in [2.75, 3.05) is 0 Å². The molecular weight excluding hydrogens is 241 g/mol. The Hall–Kier alpha value is -1.35. The quantitative estimate of drug-likeness (QED) is 0.814. The maximum absolute atomic E-state index is 9.21. The first kappa shape index (κ1) is 14.1. The molecule has 0 radical (unpaired) electrons. The fourth-order valence-corrected chi connectivity index (χ4v) is 1.98. The molecule has 0 unspecified atom stereocenters. The van der Waals surface area contributed by atoms with E-state index in [0.717, 1.165) is 5.56 Å². The zero-order valence-corrected chi connectivity index (χ0v) is 11.7. The lowest BCUT2D eigenvalue weighted by molar-refractivity contribution is 0.00578. The van der Waals surface area contributed by atoms with Gasteiger partial charge in [-0.3, -0.25) is 0 Å². The van der Waals surface area contributed by atoms with Gasteiger partial charge in [0.25, 0.3) is 0 Å². The summed E-state index contributed by atoms with van der Waals surface area (Å²) in [7, 11) is -0.578. The normalized spacial score (nSPS) is 20.3. The molecule has 1 aliphatic heterocycles. The number of rotatable bonds is 2. The highest BCUT2D eigenvalue weighted by atomic mass is 16.7. The lowest BCUT2D eigenvalue weighted by Crippen LogP contribution is -2.41. The maximum Gasteiger partial charge on any atom is 0.496 e. The molecule has 1 N–H and O–H groups in total. The molecule has 0 spiro atoms. The molecule has 1 aromatic carbocycles. The van der Waals surface area contributed by atoms with Crippen LogP contribution in [-0.4, -0.2) is 23.4 Å². The van der Waals surface area contributed by atoms with Crippen LogP contribution >= 0.6 is 0 Å². The molecule has 1 aliphatic rings. The number of hydrogen-bond acceptors (Lipinski definition) is 4. The molecular formula is C14H18BNO3. The van der Waals surface area contributed by atoms with Gasteiger partial charge in [0.05, 0.1) is 29.4 Å². The lowest BCUT2D eigenvalue weighted by Gasteiger charge is -2.32. The summed E-state index contributed by atoms with van der Waals surface area (Å²) < 4.78 is 11.9. The van der Waals surface area contributed by atoms with Crippen LogP contribution in [0, 0.1) is 11.3 Å². The first-order chi connectivity index (χ1) is 8.80. The van der Waals surface area contributed by atoms with Crippen molar-refractivity contribution < 1.29 is 14.4 Å². The lowest BCUT2D eigenvalue weighted by atomic mass is 9.75. The second-order valence-electron chi connectivity index (χ2n) is 5.78. The Labute approximate surface area is 114 Å². The van der Waals surface area contributed by atoms with Crippen molar-refractivity contribution in [1.29, 1.82) is 5.26 Å². The van der Waals surface area contributed by atoms with E-state index in [1.807, 2.05) is 27.7 Å². The van der Waals surface area contributed by atoms with Gasteiger partial charge in [0.15, 0.2) is 0 Å². The monoisotopic (exact) mass is 259 g/mol. The van der Waals surface area contributed by atoms with E-state index in [9.17, 15) is 10.4 Å². The van der Waals surface area contributed by atoms with Gasteiger partial charge < -0.3 is 14.4 Å². The van der Waals surface area contributed by atoms with Crippen LogP contribution in [0.25, 0.3) is 0 Å². The molecule has 0 aromatic heterocycles. The Morgan fingerprint density at radius 2 is 1.79 bits per heavy atom. The predicted octanol–water partition coefficient (Wildman–Crippen LogP) is 1.35. The standard InChI is InChI=1S/C14H18BNO3/c1-13(2)14(3,4)19-15(18-13)12-7-10(9-17)5-6-11(12)8-16/h5-7,17H,9H2,1-4H3. The predicted molar refractivity (Wildman–Crippen MR) is 72.8 cm³/mol. The smallest absolute Gasteiger partial charge is 0.399 e. The summed E-state index contributed by atoms with van der Waals surface area (Å²) in [5, 5.41) is 18.4. The molecule has 0 saturated carbocycles. The number of aliphatic hydroxyl groups is 1. The van der Waals surface area contributed by atoms with Gasteiger partial charge in [-0.15, -0.1) is 0 Å². The average Bonchev–Trinajstić information content (AvgIpc) is 2.57. The second-order valence-corrected chi connectivity index (χ2v) is 5.78. The Bertz CT molecular complexity index is 518. The van der Waals surface area contributed by atoms with Crippen LogP contribution in [0.2, 0.25) is 0 Å². The van der Waals surface area contributed by atoms with Crippen molar-refractivity contribution in [2.45, 2.75) is 45.5 Å². The minimum absolute atomic E-state index is 0.0712. The second kappa shape index (κ2) is 4.64. The molecule has 1 heterocycles. The number of nitrogens with zero attached hydrogens (tertiary/aromatic N) is 1. The maximum atomic E-state index is 9.21. The van der Waals surface area contributed by atoms with Crippen LogP contribution in [0.3, 0.4) is 0 Å². The van der Waals surface area contributed by atoms with Crippen LogP contribution in [-0.2, 0) is 15.9 Å². The van der Waals surface area contributed by atoms with Gasteiger partial charge in [-0.05, 0) is 39.3 Å². The van der Waals surface area contributed by atoms with E-state index in [1.54, 1.807) is 18.2 Å². The van der Waals surface area contributed by atoms with Crippen LogP contribution in [0.4, 0.5) is 0 Å².